The Bertz CT molecular complexity index is 732. The average molecular weight is 296 g/mol. The predicted octanol–water partition coefficient (Wildman–Crippen LogP) is 4.43. The number of esters is 1. The highest BCUT2D eigenvalue weighted by molar-refractivity contribution is 5.90. The van der Waals surface area contributed by atoms with E-state index in [4.69, 9.17) is 11.2 Å². The number of carbonyl (C=O) groups is 1. The van der Waals surface area contributed by atoms with Crippen LogP contribution in [0.3, 0.4) is 0 Å². The van der Waals surface area contributed by atoms with Crippen molar-refractivity contribution in [1.29, 1.82) is 0 Å². The maximum absolute atomic E-state index is 13.9. The minimum absolute atomic E-state index is 0.357. The lowest BCUT2D eigenvalue weighted by Gasteiger charge is -2.19. The van der Waals surface area contributed by atoms with Crippen molar-refractivity contribution in [3.8, 4) is 23.5 Å². The normalized spacial score (nSPS) is 10.9. The maximum atomic E-state index is 13.9. The van der Waals surface area contributed by atoms with Gasteiger partial charge in [-0.25, -0.2) is 9.18 Å². The van der Waals surface area contributed by atoms with Gasteiger partial charge in [0.25, 0.3) is 0 Å². The Morgan fingerprint density at radius 1 is 1.14 bits per heavy atom. The molecule has 0 aliphatic rings. The van der Waals surface area contributed by atoms with Crippen molar-refractivity contribution in [2.45, 2.75) is 26.4 Å². The number of hydrogen-bond donors (Lipinski definition) is 0. The molecule has 0 heterocycles. The van der Waals surface area contributed by atoms with Gasteiger partial charge in [-0.2, -0.15) is 0 Å². The van der Waals surface area contributed by atoms with Crippen molar-refractivity contribution >= 4 is 5.97 Å². The molecule has 0 aliphatic carbocycles. The Hall–Kier alpha value is -2.60. The molecule has 0 saturated carbocycles. The lowest BCUT2D eigenvalue weighted by atomic mass is 10.0. The van der Waals surface area contributed by atoms with Gasteiger partial charge >= 0.3 is 5.97 Å². The molecule has 0 atom stereocenters. The molecule has 2 aromatic rings. The number of benzene rings is 2. The van der Waals surface area contributed by atoms with Crippen molar-refractivity contribution in [2.24, 2.45) is 0 Å². The van der Waals surface area contributed by atoms with Crippen molar-refractivity contribution in [1.82, 2.24) is 0 Å². The van der Waals surface area contributed by atoms with E-state index in [2.05, 4.69) is 5.92 Å². The highest BCUT2D eigenvalue weighted by atomic mass is 19.1. The molecule has 0 bridgehead atoms. The van der Waals surface area contributed by atoms with E-state index in [1.807, 2.05) is 0 Å². The molecule has 0 radical (unpaired) electrons. The summed E-state index contributed by atoms with van der Waals surface area (Å²) in [6.45, 7) is 5.42. The summed E-state index contributed by atoms with van der Waals surface area (Å²) in [5.74, 6) is 1.72. The number of rotatable bonds is 2. The second-order valence-electron chi connectivity index (χ2n) is 5.92. The lowest BCUT2D eigenvalue weighted by Crippen LogP contribution is -2.23. The van der Waals surface area contributed by atoms with Crippen molar-refractivity contribution in [3.05, 3.63) is 59.4 Å². The minimum Gasteiger partial charge on any atom is -0.456 e. The van der Waals surface area contributed by atoms with Gasteiger partial charge in [0.05, 0.1) is 5.56 Å². The van der Waals surface area contributed by atoms with E-state index in [0.717, 1.165) is 0 Å². The predicted molar refractivity (Wildman–Crippen MR) is 84.9 cm³/mol. The van der Waals surface area contributed by atoms with Crippen LogP contribution >= 0.6 is 0 Å². The second-order valence-corrected chi connectivity index (χ2v) is 5.92. The van der Waals surface area contributed by atoms with E-state index < -0.39 is 11.6 Å². The summed E-state index contributed by atoms with van der Waals surface area (Å²) in [6.07, 6.45) is 5.34. The van der Waals surface area contributed by atoms with Gasteiger partial charge in [-0.15, -0.1) is 6.42 Å². The Labute approximate surface area is 129 Å². The standard InChI is InChI=1S/C19H17FO2/c1-5-13-6-11-17(20)16(12-13)14-7-9-15(10-8-14)18(21)22-19(2,3)4/h1,6-12H,2-4H3. The third-order valence-corrected chi connectivity index (χ3v) is 2.96. The monoisotopic (exact) mass is 296 g/mol. The molecule has 0 amide bonds. The summed E-state index contributed by atoms with van der Waals surface area (Å²) in [7, 11) is 0. The molecule has 0 aliphatic heterocycles. The third kappa shape index (κ3) is 3.73. The van der Waals surface area contributed by atoms with Gasteiger partial charge in [-0.05, 0) is 56.7 Å². The summed E-state index contributed by atoms with van der Waals surface area (Å²) >= 11 is 0. The van der Waals surface area contributed by atoms with Crippen LogP contribution in [0.25, 0.3) is 11.1 Å². The van der Waals surface area contributed by atoms with Crippen LogP contribution < -0.4 is 0 Å². The zero-order chi connectivity index (χ0) is 16.3. The SMILES string of the molecule is C#Cc1ccc(F)c(-c2ccc(C(=O)OC(C)(C)C)cc2)c1. The Morgan fingerprint density at radius 3 is 2.32 bits per heavy atom. The molecular formula is C19H17FO2. The fourth-order valence-corrected chi connectivity index (χ4v) is 1.96. The molecule has 112 valence electrons. The molecule has 2 aromatic carbocycles. The van der Waals surface area contributed by atoms with Gasteiger partial charge in [0.2, 0.25) is 0 Å². The van der Waals surface area contributed by atoms with Crippen LogP contribution in [0.4, 0.5) is 4.39 Å². The maximum Gasteiger partial charge on any atom is 0.338 e. The summed E-state index contributed by atoms with van der Waals surface area (Å²) in [5, 5.41) is 0. The highest BCUT2D eigenvalue weighted by Gasteiger charge is 2.18. The fourth-order valence-electron chi connectivity index (χ4n) is 1.96. The van der Waals surface area contributed by atoms with Gasteiger partial charge in [-0.1, -0.05) is 18.1 Å². The van der Waals surface area contributed by atoms with Crippen LogP contribution in [0.5, 0.6) is 0 Å². The number of carbonyl (C=O) groups excluding carboxylic acids is 1. The first-order chi connectivity index (χ1) is 10.3. The van der Waals surface area contributed by atoms with Gasteiger partial charge in [0, 0.05) is 11.1 Å². The largest absolute Gasteiger partial charge is 0.456 e. The van der Waals surface area contributed by atoms with E-state index in [1.54, 1.807) is 57.2 Å². The molecule has 0 saturated heterocycles. The molecule has 0 fully saturated rings. The van der Waals surface area contributed by atoms with Gasteiger partial charge < -0.3 is 4.74 Å². The van der Waals surface area contributed by atoms with Crippen molar-refractivity contribution < 1.29 is 13.9 Å². The van der Waals surface area contributed by atoms with Crippen LogP contribution in [-0.4, -0.2) is 11.6 Å². The molecule has 0 aromatic heterocycles. The van der Waals surface area contributed by atoms with Crippen LogP contribution in [0.2, 0.25) is 0 Å². The fraction of sp³-hybridized carbons (Fsp3) is 0.211. The Balaban J connectivity index is 2.30. The molecule has 3 heteroatoms. The van der Waals surface area contributed by atoms with Gasteiger partial charge in [0.1, 0.15) is 11.4 Å². The van der Waals surface area contributed by atoms with Crippen LogP contribution in [0.1, 0.15) is 36.7 Å². The van der Waals surface area contributed by atoms with E-state index in [-0.39, 0.29) is 5.82 Å². The zero-order valence-electron chi connectivity index (χ0n) is 12.8. The molecule has 22 heavy (non-hydrogen) atoms. The lowest BCUT2D eigenvalue weighted by molar-refractivity contribution is 0.00696. The van der Waals surface area contributed by atoms with E-state index in [1.165, 1.54) is 6.07 Å². The summed E-state index contributed by atoms with van der Waals surface area (Å²) in [6, 6.07) is 11.1. The molecule has 2 rings (SSSR count). The molecule has 0 N–H and O–H groups in total. The third-order valence-electron chi connectivity index (χ3n) is 2.96. The molecule has 0 spiro atoms. The molecular weight excluding hydrogens is 279 g/mol. The first kappa shape index (κ1) is 15.8. The highest BCUT2D eigenvalue weighted by Crippen LogP contribution is 2.25. The quantitative estimate of drug-likeness (QED) is 0.605. The van der Waals surface area contributed by atoms with Crippen LogP contribution in [0, 0.1) is 18.2 Å². The number of hydrogen-bond acceptors (Lipinski definition) is 2. The first-order valence-corrected chi connectivity index (χ1v) is 6.90. The summed E-state index contributed by atoms with van der Waals surface area (Å²) in [4.78, 5) is 12.0. The van der Waals surface area contributed by atoms with E-state index in [0.29, 0.717) is 22.3 Å². The van der Waals surface area contributed by atoms with Crippen LogP contribution in [0.15, 0.2) is 42.5 Å². The van der Waals surface area contributed by atoms with Crippen molar-refractivity contribution in [3.63, 3.8) is 0 Å². The van der Waals surface area contributed by atoms with Crippen molar-refractivity contribution in [2.75, 3.05) is 0 Å². The molecule has 0 unspecified atom stereocenters. The van der Waals surface area contributed by atoms with Gasteiger partial charge in [0.15, 0.2) is 0 Å². The molecule has 2 nitrogen and oxygen atoms in total. The topological polar surface area (TPSA) is 26.3 Å². The van der Waals surface area contributed by atoms with E-state index >= 15 is 0 Å². The Morgan fingerprint density at radius 2 is 1.77 bits per heavy atom. The minimum atomic E-state index is -0.553. The van der Waals surface area contributed by atoms with Gasteiger partial charge in [-0.3, -0.25) is 0 Å². The smallest absolute Gasteiger partial charge is 0.338 e. The summed E-state index contributed by atoms with van der Waals surface area (Å²) < 4.78 is 19.2. The summed E-state index contributed by atoms with van der Waals surface area (Å²) in [5.41, 5.74) is 1.54. The zero-order valence-corrected chi connectivity index (χ0v) is 12.8. The number of terminal acetylenes is 1. The number of halogens is 1. The second kappa shape index (κ2) is 6.03. The average Bonchev–Trinajstić information content (AvgIpc) is 2.46. The Kier molecular flexibility index (Phi) is 4.32. The van der Waals surface area contributed by atoms with E-state index in [9.17, 15) is 9.18 Å². The number of ether oxygens (including phenoxy) is 1. The first-order valence-electron chi connectivity index (χ1n) is 6.90. The van der Waals surface area contributed by atoms with Crippen LogP contribution in [-0.2, 0) is 4.74 Å².